The van der Waals surface area contributed by atoms with Crippen LogP contribution in [0.1, 0.15) is 0 Å². The van der Waals surface area contributed by atoms with Crippen LogP contribution in [-0.4, -0.2) is 30.3 Å². The van der Waals surface area contributed by atoms with Crippen LogP contribution >= 0.6 is 0 Å². The number of phenolic OH excluding ortho intramolecular Hbond substituents is 3. The molecular formula is C27H21FeN3O3. The van der Waals surface area contributed by atoms with Gasteiger partial charge < -0.3 is 15.3 Å². The number of para-hydroxylation sites is 3. The van der Waals surface area contributed by atoms with E-state index in [1.165, 1.54) is 0 Å². The van der Waals surface area contributed by atoms with Crippen molar-refractivity contribution in [2.45, 2.75) is 0 Å². The molecule has 6 aromatic rings. The Balaban J connectivity index is 0.000000141. The van der Waals surface area contributed by atoms with Crippen LogP contribution in [0, 0.1) is 0 Å². The summed E-state index contributed by atoms with van der Waals surface area (Å²) in [5, 5.41) is 30.8. The van der Waals surface area contributed by atoms with Gasteiger partial charge in [0.1, 0.15) is 33.8 Å². The number of nitrogens with zero attached hydrogens (tertiary/aromatic N) is 3. The van der Waals surface area contributed by atoms with Crippen molar-refractivity contribution in [3.8, 4) is 17.2 Å². The van der Waals surface area contributed by atoms with Gasteiger partial charge >= 0.3 is 0 Å². The molecule has 3 aromatic heterocycles. The molecule has 0 fully saturated rings. The summed E-state index contributed by atoms with van der Waals surface area (Å²) in [5.74, 6) is 0.717. The van der Waals surface area contributed by atoms with Crippen LogP contribution in [0.15, 0.2) is 110 Å². The molecule has 170 valence electrons. The third kappa shape index (κ3) is 5.78. The van der Waals surface area contributed by atoms with E-state index in [9.17, 15) is 15.3 Å². The first-order chi connectivity index (χ1) is 16.1. The third-order valence-electron chi connectivity index (χ3n) is 4.83. The summed E-state index contributed by atoms with van der Waals surface area (Å²) in [6.45, 7) is 0. The second-order valence-electron chi connectivity index (χ2n) is 7.06. The standard InChI is InChI=1S/3C9H7NO.Fe/c3*11-8-5-1-3-7-4-2-6-10-9(7)8;/h3*1-6,11H;. The minimum absolute atomic E-state index is 0. The van der Waals surface area contributed by atoms with Crippen molar-refractivity contribution in [1.82, 2.24) is 15.0 Å². The summed E-state index contributed by atoms with van der Waals surface area (Å²) in [7, 11) is 0. The van der Waals surface area contributed by atoms with Gasteiger partial charge in [-0.1, -0.05) is 54.6 Å². The van der Waals surface area contributed by atoms with Crippen molar-refractivity contribution >= 4 is 32.7 Å². The number of pyridine rings is 3. The molecule has 0 bridgehead atoms. The zero-order chi connectivity index (χ0) is 23.0. The fraction of sp³-hybridized carbons (Fsp3) is 0. The van der Waals surface area contributed by atoms with Crippen molar-refractivity contribution in [1.29, 1.82) is 0 Å². The molecule has 3 aromatic carbocycles. The smallest absolute Gasteiger partial charge is 0.141 e. The van der Waals surface area contributed by atoms with E-state index >= 15 is 0 Å². The number of hydrogen-bond acceptors (Lipinski definition) is 6. The minimum atomic E-state index is 0. The summed E-state index contributed by atoms with van der Waals surface area (Å²) in [6, 6.07) is 27.4. The van der Waals surface area contributed by atoms with Gasteiger partial charge in [-0.3, -0.25) is 15.0 Å². The zero-order valence-electron chi connectivity index (χ0n) is 17.9. The maximum absolute atomic E-state index is 9.31. The van der Waals surface area contributed by atoms with Gasteiger partial charge in [0.15, 0.2) is 0 Å². The summed E-state index contributed by atoms with van der Waals surface area (Å²) >= 11 is 0. The normalized spacial score (nSPS) is 9.88. The van der Waals surface area contributed by atoms with Crippen molar-refractivity contribution in [3.63, 3.8) is 0 Å². The monoisotopic (exact) mass is 491 g/mol. The molecule has 6 nitrogen and oxygen atoms in total. The van der Waals surface area contributed by atoms with Crippen LogP contribution in [0.2, 0.25) is 0 Å². The average Bonchev–Trinajstić information content (AvgIpc) is 2.86. The van der Waals surface area contributed by atoms with Crippen molar-refractivity contribution in [3.05, 3.63) is 110 Å². The number of fused-ring (bicyclic) bond motifs is 3. The molecule has 3 N–H and O–H groups in total. The Hall–Kier alpha value is -4.19. The largest absolute Gasteiger partial charge is 0.506 e. The SMILES string of the molecule is Oc1cccc2cccnc12.Oc1cccc2cccnc12.Oc1cccc2cccnc12.[Fe]. The Morgan fingerprint density at radius 1 is 0.382 bits per heavy atom. The summed E-state index contributed by atoms with van der Waals surface area (Å²) in [6.07, 6.45) is 5.01. The maximum atomic E-state index is 9.31. The van der Waals surface area contributed by atoms with E-state index in [2.05, 4.69) is 15.0 Å². The minimum Gasteiger partial charge on any atom is -0.506 e. The molecule has 0 atom stereocenters. The first-order valence-electron chi connectivity index (χ1n) is 10.2. The number of aromatic nitrogens is 3. The van der Waals surface area contributed by atoms with Gasteiger partial charge in [0.05, 0.1) is 0 Å². The van der Waals surface area contributed by atoms with Gasteiger partial charge in [-0.25, -0.2) is 0 Å². The van der Waals surface area contributed by atoms with Gasteiger partial charge in [0, 0.05) is 51.8 Å². The maximum Gasteiger partial charge on any atom is 0.141 e. The predicted octanol–water partition coefficient (Wildman–Crippen LogP) is 5.82. The van der Waals surface area contributed by atoms with Crippen molar-refractivity contribution in [2.75, 3.05) is 0 Å². The molecular weight excluding hydrogens is 470 g/mol. The first-order valence-corrected chi connectivity index (χ1v) is 10.2. The molecule has 0 unspecified atom stereocenters. The topological polar surface area (TPSA) is 99.4 Å². The number of phenols is 3. The molecule has 0 aliphatic heterocycles. The molecule has 0 aliphatic rings. The molecule has 7 heteroatoms. The second-order valence-corrected chi connectivity index (χ2v) is 7.06. The fourth-order valence-corrected chi connectivity index (χ4v) is 3.26. The molecule has 0 saturated heterocycles. The molecule has 0 saturated carbocycles. The number of rotatable bonds is 0. The van der Waals surface area contributed by atoms with Gasteiger partial charge in [-0.05, 0) is 36.4 Å². The zero-order valence-corrected chi connectivity index (χ0v) is 19.0. The van der Waals surface area contributed by atoms with E-state index in [4.69, 9.17) is 0 Å². The van der Waals surface area contributed by atoms with Crippen LogP contribution in [-0.2, 0) is 17.1 Å². The Labute approximate surface area is 206 Å². The van der Waals surface area contributed by atoms with Gasteiger partial charge in [-0.2, -0.15) is 0 Å². The summed E-state index contributed by atoms with van der Waals surface area (Å²) in [5.41, 5.74) is 1.99. The predicted molar refractivity (Wildman–Crippen MR) is 130 cm³/mol. The Bertz CT molecular complexity index is 1330. The van der Waals surface area contributed by atoms with E-state index in [0.29, 0.717) is 16.6 Å². The van der Waals surface area contributed by atoms with Crippen LogP contribution < -0.4 is 0 Å². The van der Waals surface area contributed by atoms with Gasteiger partial charge in [-0.15, -0.1) is 0 Å². The van der Waals surface area contributed by atoms with Crippen LogP contribution in [0.3, 0.4) is 0 Å². The molecule has 0 radical (unpaired) electrons. The van der Waals surface area contributed by atoms with Crippen LogP contribution in [0.4, 0.5) is 0 Å². The number of aromatic hydroxyl groups is 3. The summed E-state index contributed by atoms with van der Waals surface area (Å²) in [4.78, 5) is 12.1. The van der Waals surface area contributed by atoms with E-state index in [-0.39, 0.29) is 34.3 Å². The third-order valence-corrected chi connectivity index (χ3v) is 4.83. The van der Waals surface area contributed by atoms with E-state index in [0.717, 1.165) is 16.2 Å². The molecule has 3 heterocycles. The average molecular weight is 491 g/mol. The second kappa shape index (κ2) is 11.6. The molecule has 6 rings (SSSR count). The Kier molecular flexibility index (Phi) is 8.35. The Morgan fingerprint density at radius 2 is 0.647 bits per heavy atom. The first kappa shape index (κ1) is 24.5. The Morgan fingerprint density at radius 3 is 0.912 bits per heavy atom. The van der Waals surface area contributed by atoms with Crippen molar-refractivity contribution in [2.24, 2.45) is 0 Å². The molecule has 0 amide bonds. The van der Waals surface area contributed by atoms with Gasteiger partial charge in [0.2, 0.25) is 0 Å². The van der Waals surface area contributed by atoms with Crippen molar-refractivity contribution < 1.29 is 32.4 Å². The summed E-state index contributed by atoms with van der Waals surface area (Å²) < 4.78 is 0. The molecule has 0 aliphatic carbocycles. The number of hydrogen-bond donors (Lipinski definition) is 3. The number of benzene rings is 3. The molecule has 34 heavy (non-hydrogen) atoms. The van der Waals surface area contributed by atoms with E-state index in [1.807, 2.05) is 54.6 Å². The fourth-order valence-electron chi connectivity index (χ4n) is 3.26. The van der Waals surface area contributed by atoms with E-state index < -0.39 is 0 Å². The quantitative estimate of drug-likeness (QED) is 0.232. The van der Waals surface area contributed by atoms with Gasteiger partial charge in [0.25, 0.3) is 0 Å². The van der Waals surface area contributed by atoms with Crippen LogP contribution in [0.5, 0.6) is 17.2 Å². The molecule has 0 spiro atoms. The van der Waals surface area contributed by atoms with Crippen LogP contribution in [0.25, 0.3) is 32.7 Å². The van der Waals surface area contributed by atoms with E-state index in [1.54, 1.807) is 55.0 Å².